The molecule has 2 heteroatoms. The fraction of sp³-hybridized carbons (Fsp3) is 0.706. The molecule has 0 atom stereocenters. The molecule has 0 saturated heterocycles. The molecule has 0 radical (unpaired) electrons. The van der Waals surface area contributed by atoms with Crippen LogP contribution in [-0.2, 0) is 4.79 Å². The topological polar surface area (TPSA) is 17.1 Å². The van der Waals surface area contributed by atoms with Gasteiger partial charge in [-0.2, -0.15) is 0 Å². The minimum atomic E-state index is -1.64. The van der Waals surface area contributed by atoms with Crippen LogP contribution < -0.4 is 0 Å². The van der Waals surface area contributed by atoms with Gasteiger partial charge >= 0.3 is 0 Å². The van der Waals surface area contributed by atoms with Gasteiger partial charge in [-0.3, -0.25) is 4.79 Å². The van der Waals surface area contributed by atoms with Gasteiger partial charge in [0, 0.05) is 11.0 Å². The van der Waals surface area contributed by atoms with E-state index in [1.54, 1.807) is 6.92 Å². The molecule has 0 aromatic heterocycles. The molecule has 0 aliphatic rings. The van der Waals surface area contributed by atoms with Crippen LogP contribution in [-0.4, -0.2) is 13.9 Å². The first-order valence-electron chi connectivity index (χ1n) is 6.95. The fourth-order valence-corrected chi connectivity index (χ4v) is 3.69. The monoisotopic (exact) mass is 278 g/mol. The summed E-state index contributed by atoms with van der Waals surface area (Å²) < 4.78 is 0. The summed E-state index contributed by atoms with van der Waals surface area (Å²) >= 11 is 0. The zero-order valence-corrected chi connectivity index (χ0v) is 15.4. The molecular formula is C17H30OSi. The number of ketones is 1. The van der Waals surface area contributed by atoms with E-state index in [0.29, 0.717) is 0 Å². The van der Waals surface area contributed by atoms with E-state index in [9.17, 15) is 4.79 Å². The van der Waals surface area contributed by atoms with Crippen LogP contribution in [0.4, 0.5) is 0 Å². The van der Waals surface area contributed by atoms with Crippen LogP contribution in [0.5, 0.6) is 0 Å². The second-order valence-corrected chi connectivity index (χ2v) is 13.3. The Balaban J connectivity index is 6.24. The molecule has 0 N–H and O–H groups in total. The van der Waals surface area contributed by atoms with Gasteiger partial charge in [0.25, 0.3) is 0 Å². The smallest absolute Gasteiger partial charge is 0.156 e. The Bertz CT molecular complexity index is 437. The van der Waals surface area contributed by atoms with Crippen LogP contribution in [0.2, 0.25) is 19.6 Å². The molecule has 0 amide bonds. The van der Waals surface area contributed by atoms with Crippen molar-refractivity contribution in [2.75, 3.05) is 0 Å². The van der Waals surface area contributed by atoms with E-state index in [4.69, 9.17) is 0 Å². The average Bonchev–Trinajstić information content (AvgIpc) is 2.04. The first-order chi connectivity index (χ1) is 8.16. The Labute approximate surface area is 120 Å². The third-order valence-electron chi connectivity index (χ3n) is 2.66. The normalized spacial score (nSPS) is 14.4. The molecule has 19 heavy (non-hydrogen) atoms. The highest BCUT2D eigenvalue weighted by Gasteiger charge is 2.31. The third kappa shape index (κ3) is 6.25. The van der Waals surface area contributed by atoms with E-state index < -0.39 is 8.07 Å². The lowest BCUT2D eigenvalue weighted by Gasteiger charge is -2.28. The number of carbonyl (C=O) groups excluding carboxylic acids is 1. The molecule has 0 heterocycles. The van der Waals surface area contributed by atoms with E-state index in [0.717, 1.165) is 10.8 Å². The minimum Gasteiger partial charge on any atom is -0.295 e. The standard InChI is InChI=1S/C17H30OSi/c1-13(18)15(17(5,6)7)14(19(8,9)10)11-12-16(2,3)4/h1-10H3/b15-14+. The van der Waals surface area contributed by atoms with E-state index >= 15 is 0 Å². The predicted octanol–water partition coefficient (Wildman–Crippen LogP) is 4.85. The Morgan fingerprint density at radius 3 is 1.58 bits per heavy atom. The van der Waals surface area contributed by atoms with Crippen LogP contribution in [0.3, 0.4) is 0 Å². The van der Waals surface area contributed by atoms with Crippen molar-refractivity contribution in [3.8, 4) is 11.8 Å². The van der Waals surface area contributed by atoms with Gasteiger partial charge < -0.3 is 0 Å². The molecule has 0 spiro atoms. The summed E-state index contributed by atoms with van der Waals surface area (Å²) in [4.78, 5) is 12.1. The van der Waals surface area contributed by atoms with Gasteiger partial charge in [0.2, 0.25) is 0 Å². The molecule has 0 bridgehead atoms. The van der Waals surface area contributed by atoms with Crippen molar-refractivity contribution < 1.29 is 4.79 Å². The zero-order valence-electron chi connectivity index (χ0n) is 14.4. The van der Waals surface area contributed by atoms with Gasteiger partial charge in [-0.15, -0.1) is 0 Å². The molecular weight excluding hydrogens is 248 g/mol. The quantitative estimate of drug-likeness (QED) is 0.401. The predicted molar refractivity (Wildman–Crippen MR) is 87.7 cm³/mol. The van der Waals surface area contributed by atoms with Gasteiger partial charge in [-0.25, -0.2) is 0 Å². The van der Waals surface area contributed by atoms with Crippen LogP contribution in [0.1, 0.15) is 48.5 Å². The van der Waals surface area contributed by atoms with Crippen molar-refractivity contribution >= 4 is 13.9 Å². The maximum Gasteiger partial charge on any atom is 0.156 e. The second kappa shape index (κ2) is 5.67. The Hall–Kier alpha value is -0.813. The Morgan fingerprint density at radius 1 is 0.947 bits per heavy atom. The number of Topliss-reactive ketones (excluding diaryl/α,β-unsaturated/α-hetero) is 1. The molecule has 0 aromatic rings. The molecule has 108 valence electrons. The molecule has 0 unspecified atom stereocenters. The second-order valence-electron chi connectivity index (χ2n) is 8.31. The lowest BCUT2D eigenvalue weighted by molar-refractivity contribution is -0.114. The molecule has 1 nitrogen and oxygen atoms in total. The van der Waals surface area contributed by atoms with Gasteiger partial charge in [0.15, 0.2) is 5.78 Å². The molecule has 0 aliphatic carbocycles. The van der Waals surface area contributed by atoms with Crippen molar-refractivity contribution in [2.45, 2.75) is 68.1 Å². The Kier molecular flexibility index (Phi) is 5.43. The first kappa shape index (κ1) is 18.2. The third-order valence-corrected chi connectivity index (χ3v) is 4.54. The van der Waals surface area contributed by atoms with Crippen molar-refractivity contribution in [3.05, 3.63) is 10.8 Å². The van der Waals surface area contributed by atoms with Gasteiger partial charge in [0.1, 0.15) is 0 Å². The van der Waals surface area contributed by atoms with Crippen molar-refractivity contribution in [2.24, 2.45) is 10.8 Å². The highest BCUT2D eigenvalue weighted by atomic mass is 28.3. The van der Waals surface area contributed by atoms with Crippen LogP contribution >= 0.6 is 0 Å². The number of carbonyl (C=O) groups is 1. The van der Waals surface area contributed by atoms with Crippen molar-refractivity contribution in [1.82, 2.24) is 0 Å². The number of allylic oxidation sites excluding steroid dienone is 2. The molecule has 0 aromatic carbocycles. The summed E-state index contributed by atoms with van der Waals surface area (Å²) in [7, 11) is -1.64. The largest absolute Gasteiger partial charge is 0.295 e. The molecule has 0 fully saturated rings. The average molecular weight is 279 g/mol. The molecule has 0 saturated carbocycles. The summed E-state index contributed by atoms with van der Waals surface area (Å²) in [6.07, 6.45) is 0. The lowest BCUT2D eigenvalue weighted by atomic mass is 9.83. The maximum absolute atomic E-state index is 12.1. The van der Waals surface area contributed by atoms with E-state index in [2.05, 4.69) is 73.0 Å². The molecule has 0 rings (SSSR count). The Morgan fingerprint density at radius 2 is 1.37 bits per heavy atom. The van der Waals surface area contributed by atoms with E-state index in [-0.39, 0.29) is 16.6 Å². The van der Waals surface area contributed by atoms with E-state index in [1.165, 1.54) is 0 Å². The number of hydrogen-bond acceptors (Lipinski definition) is 1. The SMILES string of the molecule is CC(=O)/C(=C(/C#CC(C)(C)C)[Si](C)(C)C)C(C)(C)C. The van der Waals surface area contributed by atoms with Crippen LogP contribution in [0.15, 0.2) is 10.8 Å². The van der Waals surface area contributed by atoms with Crippen molar-refractivity contribution in [1.29, 1.82) is 0 Å². The summed E-state index contributed by atoms with van der Waals surface area (Å²) in [5.74, 6) is 6.83. The summed E-state index contributed by atoms with van der Waals surface area (Å²) in [5.41, 5.74) is 0.738. The first-order valence-corrected chi connectivity index (χ1v) is 10.5. The maximum atomic E-state index is 12.1. The van der Waals surface area contributed by atoms with Gasteiger partial charge in [0.05, 0.1) is 8.07 Å². The number of hydrogen-bond donors (Lipinski definition) is 0. The molecule has 0 aliphatic heterocycles. The van der Waals surface area contributed by atoms with Crippen LogP contribution in [0.25, 0.3) is 0 Å². The van der Waals surface area contributed by atoms with Gasteiger partial charge in [-0.1, -0.05) is 52.3 Å². The summed E-state index contributed by atoms with van der Waals surface area (Å²) in [5, 5.41) is 1.11. The highest BCUT2D eigenvalue weighted by Crippen LogP contribution is 2.32. The van der Waals surface area contributed by atoms with Gasteiger partial charge in [-0.05, 0) is 38.3 Å². The summed E-state index contributed by atoms with van der Waals surface area (Å²) in [6.45, 7) is 21.1. The lowest BCUT2D eigenvalue weighted by Crippen LogP contribution is -2.30. The minimum absolute atomic E-state index is 0.0370. The number of rotatable bonds is 2. The zero-order chi connectivity index (χ0) is 15.6. The highest BCUT2D eigenvalue weighted by molar-refractivity contribution is 6.84. The van der Waals surface area contributed by atoms with Crippen LogP contribution in [0, 0.1) is 22.7 Å². The van der Waals surface area contributed by atoms with E-state index in [1.807, 2.05) is 0 Å². The summed E-state index contributed by atoms with van der Waals surface area (Å²) in [6, 6.07) is 0. The fourth-order valence-electron chi connectivity index (χ4n) is 1.95. The van der Waals surface area contributed by atoms with Crippen molar-refractivity contribution in [3.63, 3.8) is 0 Å².